The summed E-state index contributed by atoms with van der Waals surface area (Å²) in [7, 11) is 0. The van der Waals surface area contributed by atoms with Crippen LogP contribution < -0.4 is 9.47 Å². The van der Waals surface area contributed by atoms with Gasteiger partial charge in [0.1, 0.15) is 19.3 Å². The van der Waals surface area contributed by atoms with Gasteiger partial charge < -0.3 is 19.3 Å². The van der Waals surface area contributed by atoms with Gasteiger partial charge >= 0.3 is 0 Å². The van der Waals surface area contributed by atoms with Crippen LogP contribution in [0.3, 0.4) is 0 Å². The highest BCUT2D eigenvalue weighted by Crippen LogP contribution is 2.47. The van der Waals surface area contributed by atoms with Gasteiger partial charge in [0.2, 0.25) is 0 Å². The van der Waals surface area contributed by atoms with Crippen LogP contribution >= 0.6 is 11.6 Å². The lowest BCUT2D eigenvalue weighted by molar-refractivity contribution is 0.0211. The second-order valence-corrected chi connectivity index (χ2v) is 9.74. The van der Waals surface area contributed by atoms with E-state index in [1.807, 2.05) is 0 Å². The van der Waals surface area contributed by atoms with Gasteiger partial charge in [-0.1, -0.05) is 32.1 Å². The van der Waals surface area contributed by atoms with Crippen molar-refractivity contribution in [1.82, 2.24) is 0 Å². The molecule has 0 spiro atoms. The van der Waals surface area contributed by atoms with Gasteiger partial charge in [0.15, 0.2) is 34.8 Å². The van der Waals surface area contributed by atoms with Crippen molar-refractivity contribution in [1.29, 1.82) is 0 Å². The van der Waals surface area contributed by atoms with Crippen LogP contribution in [0.2, 0.25) is 0 Å². The smallest absolute Gasteiger partial charge is 0.190 e. The van der Waals surface area contributed by atoms with E-state index in [2.05, 4.69) is 5.92 Å². The third-order valence-corrected chi connectivity index (χ3v) is 7.03. The van der Waals surface area contributed by atoms with Crippen molar-refractivity contribution in [3.63, 3.8) is 0 Å². The molecular formula is C28H31ClF4O4. The fourth-order valence-electron chi connectivity index (χ4n) is 4.60. The molecule has 1 fully saturated rings. The van der Waals surface area contributed by atoms with Gasteiger partial charge in [0.05, 0.1) is 13.2 Å². The number of ether oxygens (including phenoxy) is 3. The largest absolute Gasteiger partial charge is 0.487 e. The van der Waals surface area contributed by atoms with Crippen molar-refractivity contribution in [3.05, 3.63) is 58.7 Å². The second kappa shape index (κ2) is 13.4. The number of aliphatic hydroxyl groups is 1. The van der Waals surface area contributed by atoms with Crippen LogP contribution in [0, 0.1) is 41.5 Å². The van der Waals surface area contributed by atoms with Gasteiger partial charge in [0.25, 0.3) is 0 Å². The van der Waals surface area contributed by atoms with Crippen LogP contribution in [0.15, 0.2) is 24.3 Å². The van der Waals surface area contributed by atoms with Gasteiger partial charge in [-0.2, -0.15) is 0 Å². The predicted octanol–water partition coefficient (Wildman–Crippen LogP) is 6.14. The topological polar surface area (TPSA) is 47.9 Å². The third-order valence-electron chi connectivity index (χ3n) is 6.50. The van der Waals surface area contributed by atoms with Crippen LogP contribution in [0.4, 0.5) is 17.6 Å². The number of halogens is 5. The summed E-state index contributed by atoms with van der Waals surface area (Å²) in [5.74, 6) is -2.47. The molecular weight excluding hydrogens is 512 g/mol. The quantitative estimate of drug-likeness (QED) is 0.152. The molecule has 202 valence electrons. The lowest BCUT2D eigenvalue weighted by Gasteiger charge is -2.39. The van der Waals surface area contributed by atoms with Gasteiger partial charge in [-0.25, -0.2) is 17.6 Å². The van der Waals surface area contributed by atoms with Gasteiger partial charge in [-0.05, 0) is 48.2 Å². The highest BCUT2D eigenvalue weighted by atomic mass is 35.5. The average molecular weight is 543 g/mol. The monoisotopic (exact) mass is 542 g/mol. The first-order valence-corrected chi connectivity index (χ1v) is 12.7. The van der Waals surface area contributed by atoms with Crippen molar-refractivity contribution >= 4 is 11.6 Å². The molecule has 0 heterocycles. The van der Waals surface area contributed by atoms with Crippen molar-refractivity contribution in [2.75, 3.05) is 32.3 Å². The Hall–Kier alpha value is -2.47. The van der Waals surface area contributed by atoms with Crippen molar-refractivity contribution in [2.24, 2.45) is 5.92 Å². The number of aliphatic hydroxyl groups excluding tert-OH is 1. The van der Waals surface area contributed by atoms with E-state index in [9.17, 15) is 5.11 Å². The number of terminal acetylenes is 1. The molecule has 0 unspecified atom stereocenters. The van der Waals surface area contributed by atoms with E-state index in [-0.39, 0.29) is 42.7 Å². The van der Waals surface area contributed by atoms with E-state index < -0.39 is 52.9 Å². The molecule has 0 amide bonds. The number of alkyl halides is 1. The van der Waals surface area contributed by atoms with Crippen LogP contribution in [0.25, 0.3) is 0 Å². The number of hydrogen-bond donors (Lipinski definition) is 1. The zero-order valence-corrected chi connectivity index (χ0v) is 21.4. The highest BCUT2D eigenvalue weighted by Gasteiger charge is 2.38. The lowest BCUT2D eigenvalue weighted by Crippen LogP contribution is -2.31. The molecule has 1 saturated carbocycles. The first-order chi connectivity index (χ1) is 17.7. The summed E-state index contributed by atoms with van der Waals surface area (Å²) in [5.41, 5.74) is -0.450. The zero-order chi connectivity index (χ0) is 27.0. The minimum Gasteiger partial charge on any atom is -0.487 e. The molecule has 1 aliphatic carbocycles. The molecule has 0 radical (unpaired) electrons. The maximum atomic E-state index is 15.1. The average Bonchev–Trinajstić information content (AvgIpc) is 2.87. The van der Waals surface area contributed by atoms with Gasteiger partial charge in [-0.15, -0.1) is 18.0 Å². The second-order valence-electron chi connectivity index (χ2n) is 9.44. The Labute approximate surface area is 219 Å². The Balaban J connectivity index is 1.90. The summed E-state index contributed by atoms with van der Waals surface area (Å²) < 4.78 is 75.6. The van der Waals surface area contributed by atoms with Crippen LogP contribution in [-0.2, 0) is 10.2 Å². The van der Waals surface area contributed by atoms with Crippen molar-refractivity contribution in [3.8, 4) is 23.8 Å². The van der Waals surface area contributed by atoms with E-state index in [0.29, 0.717) is 12.8 Å². The summed E-state index contributed by atoms with van der Waals surface area (Å²) in [6.45, 7) is 1.25. The molecule has 3 rings (SSSR count). The molecule has 1 aliphatic rings. The Morgan fingerprint density at radius 3 is 1.84 bits per heavy atom. The van der Waals surface area contributed by atoms with E-state index in [0.717, 1.165) is 31.4 Å². The molecule has 2 atom stereocenters. The standard InChI is InChI=1S/C28H31ClF4O4/c1-3-9-35-16-21(34)17-37-27-24(32)12-20(13-25(27)33)28(7-5-4-6-8-28)19-10-22(30)26(23(31)11-19)36-15-18(2)14-29/h1,10-13,18,21,34H,4-9,14-17H2,2H3/t18-,21-/m1/s1. The van der Waals surface area contributed by atoms with E-state index >= 15 is 17.6 Å². The molecule has 0 aliphatic heterocycles. The third kappa shape index (κ3) is 7.10. The number of rotatable bonds is 12. The maximum Gasteiger partial charge on any atom is 0.190 e. The maximum absolute atomic E-state index is 15.1. The van der Waals surface area contributed by atoms with Crippen LogP contribution in [-0.4, -0.2) is 43.5 Å². The highest BCUT2D eigenvalue weighted by molar-refractivity contribution is 6.18. The molecule has 2 aromatic rings. The SMILES string of the molecule is C#CCOC[C@@H](O)COc1c(F)cc(C2(c3cc(F)c(OC[C@H](C)CCl)c(F)c3)CCCCC2)cc1F. The molecule has 1 N–H and O–H groups in total. The molecule has 37 heavy (non-hydrogen) atoms. The van der Waals surface area contributed by atoms with Crippen LogP contribution in [0.1, 0.15) is 50.2 Å². The fourth-order valence-corrected chi connectivity index (χ4v) is 4.69. The van der Waals surface area contributed by atoms with Gasteiger partial charge in [0, 0.05) is 17.2 Å². The minimum atomic E-state index is -1.14. The molecule has 0 bridgehead atoms. The summed E-state index contributed by atoms with van der Waals surface area (Å²) in [6.07, 6.45) is 7.18. The van der Waals surface area contributed by atoms with E-state index in [4.69, 9.17) is 32.2 Å². The summed E-state index contributed by atoms with van der Waals surface area (Å²) in [4.78, 5) is 0. The van der Waals surface area contributed by atoms with Crippen LogP contribution in [0.5, 0.6) is 11.5 Å². The number of hydrogen-bond acceptors (Lipinski definition) is 4. The zero-order valence-electron chi connectivity index (χ0n) is 20.7. The fraction of sp³-hybridized carbons (Fsp3) is 0.500. The number of benzene rings is 2. The van der Waals surface area contributed by atoms with E-state index in [1.54, 1.807) is 6.92 Å². The normalized spacial score (nSPS) is 16.6. The Morgan fingerprint density at radius 2 is 1.38 bits per heavy atom. The summed E-state index contributed by atoms with van der Waals surface area (Å²) >= 11 is 5.75. The Morgan fingerprint density at radius 1 is 0.892 bits per heavy atom. The predicted molar refractivity (Wildman–Crippen MR) is 133 cm³/mol. The summed E-state index contributed by atoms with van der Waals surface area (Å²) in [5, 5.41) is 9.87. The van der Waals surface area contributed by atoms with E-state index in [1.165, 1.54) is 12.1 Å². The lowest BCUT2D eigenvalue weighted by atomic mass is 9.65. The minimum absolute atomic E-state index is 0.0165. The molecule has 2 aromatic carbocycles. The van der Waals surface area contributed by atoms with Crippen molar-refractivity contribution in [2.45, 2.75) is 50.5 Å². The molecule has 9 heteroatoms. The summed E-state index contributed by atoms with van der Waals surface area (Å²) in [6, 6.07) is 4.63. The van der Waals surface area contributed by atoms with Crippen molar-refractivity contribution < 1.29 is 36.9 Å². The first kappa shape index (κ1) is 29.1. The molecule has 0 aromatic heterocycles. The Kier molecular flexibility index (Phi) is 10.5. The molecule has 0 saturated heterocycles. The molecule has 4 nitrogen and oxygen atoms in total. The first-order valence-electron chi connectivity index (χ1n) is 12.2. The Bertz CT molecular complexity index is 1050. The van der Waals surface area contributed by atoms with Gasteiger partial charge in [-0.3, -0.25) is 0 Å².